The van der Waals surface area contributed by atoms with E-state index in [1.165, 1.54) is 0 Å². The molecule has 92 valence electrons. The number of hydrogen-bond acceptors (Lipinski definition) is 3. The summed E-state index contributed by atoms with van der Waals surface area (Å²) in [5.74, 6) is 1.26. The Kier molecular flexibility index (Phi) is 3.17. The summed E-state index contributed by atoms with van der Waals surface area (Å²) in [7, 11) is 0. The average molecular weight is 236 g/mol. The third-order valence-electron chi connectivity index (χ3n) is 2.89. The van der Waals surface area contributed by atoms with Crippen molar-refractivity contribution in [2.75, 3.05) is 6.54 Å². The molecular formula is C12H16N2O3. The molecule has 1 unspecified atom stereocenters. The first kappa shape index (κ1) is 11.7. The van der Waals surface area contributed by atoms with Crippen LogP contribution in [0.1, 0.15) is 34.7 Å². The summed E-state index contributed by atoms with van der Waals surface area (Å²) in [6.07, 6.45) is 1.15. The Morgan fingerprint density at radius 1 is 1.53 bits per heavy atom. The highest BCUT2D eigenvalue weighted by Crippen LogP contribution is 2.14. The zero-order valence-electron chi connectivity index (χ0n) is 10.0. The number of hydrogen-bond donors (Lipinski definition) is 2. The van der Waals surface area contributed by atoms with Crippen LogP contribution in [-0.2, 0) is 4.79 Å². The summed E-state index contributed by atoms with van der Waals surface area (Å²) < 4.78 is 5.31. The van der Waals surface area contributed by atoms with Gasteiger partial charge in [-0.3, -0.25) is 9.59 Å². The van der Waals surface area contributed by atoms with E-state index in [1.807, 2.05) is 6.92 Å². The lowest BCUT2D eigenvalue weighted by atomic mass is 10.1. The normalized spacial score (nSPS) is 19.9. The van der Waals surface area contributed by atoms with Crippen molar-refractivity contribution in [3.63, 3.8) is 0 Å². The van der Waals surface area contributed by atoms with Gasteiger partial charge in [0.2, 0.25) is 5.91 Å². The number of carbonyl (C=O) groups is 2. The lowest BCUT2D eigenvalue weighted by molar-refractivity contribution is -0.122. The van der Waals surface area contributed by atoms with Gasteiger partial charge in [0.05, 0.1) is 5.56 Å². The van der Waals surface area contributed by atoms with E-state index in [-0.39, 0.29) is 17.9 Å². The van der Waals surface area contributed by atoms with Crippen LogP contribution in [0.5, 0.6) is 0 Å². The molecule has 0 aromatic carbocycles. The van der Waals surface area contributed by atoms with Crippen LogP contribution in [0, 0.1) is 13.8 Å². The van der Waals surface area contributed by atoms with Crippen LogP contribution in [0.3, 0.4) is 0 Å². The van der Waals surface area contributed by atoms with Crippen LogP contribution in [0.25, 0.3) is 0 Å². The van der Waals surface area contributed by atoms with Gasteiger partial charge in [-0.25, -0.2) is 0 Å². The number of furan rings is 1. The van der Waals surface area contributed by atoms with Crippen LogP contribution in [0.4, 0.5) is 0 Å². The first-order valence-corrected chi connectivity index (χ1v) is 5.71. The summed E-state index contributed by atoms with van der Waals surface area (Å²) in [4.78, 5) is 22.9. The minimum Gasteiger partial charge on any atom is -0.466 e. The standard InChI is InChI=1S/C12H16N2O3/c1-7-5-10(8(2)17-7)12(16)14-9-3-4-11(15)13-6-9/h5,9H,3-4,6H2,1-2H3,(H,13,15)(H,14,16). The topological polar surface area (TPSA) is 71.3 Å². The minimum atomic E-state index is -0.138. The predicted molar refractivity (Wildman–Crippen MR) is 61.7 cm³/mol. The molecule has 1 fully saturated rings. The number of aryl methyl sites for hydroxylation is 2. The molecule has 0 saturated carbocycles. The van der Waals surface area contributed by atoms with Gasteiger partial charge in [0, 0.05) is 19.0 Å². The first-order chi connectivity index (χ1) is 8.06. The number of piperidine rings is 1. The largest absolute Gasteiger partial charge is 0.466 e. The van der Waals surface area contributed by atoms with Crippen LogP contribution < -0.4 is 10.6 Å². The van der Waals surface area contributed by atoms with Gasteiger partial charge < -0.3 is 15.1 Å². The molecule has 0 bridgehead atoms. The molecule has 0 radical (unpaired) electrons. The Morgan fingerprint density at radius 3 is 2.82 bits per heavy atom. The molecule has 17 heavy (non-hydrogen) atoms. The highest BCUT2D eigenvalue weighted by Gasteiger charge is 2.21. The molecule has 2 rings (SSSR count). The van der Waals surface area contributed by atoms with Crippen LogP contribution in [-0.4, -0.2) is 24.4 Å². The van der Waals surface area contributed by atoms with Crippen molar-refractivity contribution in [1.82, 2.24) is 10.6 Å². The van der Waals surface area contributed by atoms with Gasteiger partial charge in [-0.2, -0.15) is 0 Å². The van der Waals surface area contributed by atoms with Crippen molar-refractivity contribution in [3.8, 4) is 0 Å². The van der Waals surface area contributed by atoms with Gasteiger partial charge >= 0.3 is 0 Å². The molecule has 1 aromatic rings. The van der Waals surface area contributed by atoms with Crippen molar-refractivity contribution in [3.05, 3.63) is 23.2 Å². The average Bonchev–Trinajstić information content (AvgIpc) is 2.61. The molecule has 0 aliphatic carbocycles. The van der Waals surface area contributed by atoms with E-state index in [4.69, 9.17) is 4.42 Å². The zero-order chi connectivity index (χ0) is 12.4. The molecular weight excluding hydrogens is 220 g/mol. The maximum atomic E-state index is 11.9. The third-order valence-corrected chi connectivity index (χ3v) is 2.89. The first-order valence-electron chi connectivity index (χ1n) is 5.71. The molecule has 1 atom stereocenters. The number of rotatable bonds is 2. The second-order valence-corrected chi connectivity index (χ2v) is 4.34. The maximum Gasteiger partial charge on any atom is 0.255 e. The van der Waals surface area contributed by atoms with Crippen molar-refractivity contribution in [2.45, 2.75) is 32.7 Å². The summed E-state index contributed by atoms with van der Waals surface area (Å²) in [6.45, 7) is 4.08. The lowest BCUT2D eigenvalue weighted by Gasteiger charge is -2.23. The fraction of sp³-hybridized carbons (Fsp3) is 0.500. The smallest absolute Gasteiger partial charge is 0.255 e. The van der Waals surface area contributed by atoms with E-state index in [1.54, 1.807) is 13.0 Å². The molecule has 0 spiro atoms. The van der Waals surface area contributed by atoms with Crippen molar-refractivity contribution >= 4 is 11.8 Å². The molecule has 2 amide bonds. The molecule has 1 aromatic heterocycles. The van der Waals surface area contributed by atoms with Gasteiger partial charge in [0.25, 0.3) is 5.91 Å². The van der Waals surface area contributed by atoms with E-state index in [0.717, 1.165) is 5.76 Å². The molecule has 1 saturated heterocycles. The lowest BCUT2D eigenvalue weighted by Crippen LogP contribution is -2.47. The second-order valence-electron chi connectivity index (χ2n) is 4.34. The van der Waals surface area contributed by atoms with Crippen molar-refractivity contribution in [1.29, 1.82) is 0 Å². The van der Waals surface area contributed by atoms with Crippen LogP contribution >= 0.6 is 0 Å². The van der Waals surface area contributed by atoms with E-state index in [0.29, 0.717) is 30.7 Å². The van der Waals surface area contributed by atoms with Crippen molar-refractivity contribution < 1.29 is 14.0 Å². The Hall–Kier alpha value is -1.78. The quantitative estimate of drug-likeness (QED) is 0.801. The minimum absolute atomic E-state index is 0.00908. The highest BCUT2D eigenvalue weighted by molar-refractivity contribution is 5.95. The number of amides is 2. The Bertz CT molecular complexity index is 441. The van der Waals surface area contributed by atoms with Gasteiger partial charge in [0.15, 0.2) is 0 Å². The Labute approximate surface area is 99.6 Å². The van der Waals surface area contributed by atoms with E-state index in [9.17, 15) is 9.59 Å². The van der Waals surface area contributed by atoms with Gasteiger partial charge in [0.1, 0.15) is 11.5 Å². The van der Waals surface area contributed by atoms with Crippen LogP contribution in [0.15, 0.2) is 10.5 Å². The Balaban J connectivity index is 1.97. The highest BCUT2D eigenvalue weighted by atomic mass is 16.3. The molecule has 5 heteroatoms. The third kappa shape index (κ3) is 2.67. The van der Waals surface area contributed by atoms with Crippen molar-refractivity contribution in [2.24, 2.45) is 0 Å². The monoisotopic (exact) mass is 236 g/mol. The fourth-order valence-corrected chi connectivity index (χ4v) is 1.98. The van der Waals surface area contributed by atoms with Gasteiger partial charge in [-0.05, 0) is 26.3 Å². The molecule has 1 aliphatic heterocycles. The fourth-order valence-electron chi connectivity index (χ4n) is 1.98. The molecule has 1 aliphatic rings. The number of carbonyl (C=O) groups excluding carboxylic acids is 2. The molecule has 2 N–H and O–H groups in total. The molecule has 5 nitrogen and oxygen atoms in total. The van der Waals surface area contributed by atoms with Crippen LogP contribution in [0.2, 0.25) is 0 Å². The summed E-state index contributed by atoms with van der Waals surface area (Å²) >= 11 is 0. The Morgan fingerprint density at radius 2 is 2.29 bits per heavy atom. The van der Waals surface area contributed by atoms with Gasteiger partial charge in [-0.1, -0.05) is 0 Å². The summed E-state index contributed by atoms with van der Waals surface area (Å²) in [5.41, 5.74) is 0.569. The maximum absolute atomic E-state index is 11.9. The van der Waals surface area contributed by atoms with Gasteiger partial charge in [-0.15, -0.1) is 0 Å². The SMILES string of the molecule is Cc1cc(C(=O)NC2CCC(=O)NC2)c(C)o1. The van der Waals surface area contributed by atoms with E-state index >= 15 is 0 Å². The summed E-state index contributed by atoms with van der Waals surface area (Å²) in [5, 5.41) is 5.63. The van der Waals surface area contributed by atoms with E-state index < -0.39 is 0 Å². The second kappa shape index (κ2) is 4.61. The predicted octanol–water partition coefficient (Wildman–Crippen LogP) is 0.905. The zero-order valence-corrected chi connectivity index (χ0v) is 10.0. The van der Waals surface area contributed by atoms with E-state index in [2.05, 4.69) is 10.6 Å². The molecule has 2 heterocycles. The number of nitrogens with one attached hydrogen (secondary N) is 2. The summed E-state index contributed by atoms with van der Waals surface area (Å²) in [6, 6.07) is 1.74.